The fraction of sp³-hybridized carbons (Fsp3) is 0.727. The molecule has 0 radical (unpaired) electrons. The molecule has 1 saturated carbocycles. The van der Waals surface area contributed by atoms with Crippen LogP contribution in [0.4, 0.5) is 4.39 Å². The van der Waals surface area contributed by atoms with Gasteiger partial charge in [-0.05, 0) is 31.7 Å². The average Bonchev–Trinajstić information content (AvgIpc) is 2.73. The van der Waals surface area contributed by atoms with Gasteiger partial charge < -0.3 is 5.32 Å². The van der Waals surface area contributed by atoms with Crippen molar-refractivity contribution in [3.63, 3.8) is 0 Å². The Morgan fingerprint density at radius 1 is 1.60 bits per heavy atom. The Balaban J connectivity index is 1.88. The molecule has 1 N–H and O–H groups in total. The number of alkyl halides is 1. The molecule has 0 saturated heterocycles. The minimum Gasteiger partial charge on any atom is -0.308 e. The lowest BCUT2D eigenvalue weighted by Crippen LogP contribution is -2.27. The van der Waals surface area contributed by atoms with Crippen LogP contribution in [0.5, 0.6) is 0 Å². The molecule has 1 aromatic rings. The van der Waals surface area contributed by atoms with E-state index in [9.17, 15) is 4.39 Å². The first kappa shape index (κ1) is 10.6. The average molecular weight is 211 g/mol. The molecule has 1 fully saturated rings. The van der Waals surface area contributed by atoms with Crippen molar-refractivity contribution in [3.05, 3.63) is 17.5 Å². The van der Waals surface area contributed by atoms with E-state index >= 15 is 0 Å². The highest BCUT2D eigenvalue weighted by atomic mass is 19.1. The van der Waals surface area contributed by atoms with Crippen LogP contribution in [0.1, 0.15) is 30.5 Å². The van der Waals surface area contributed by atoms with Gasteiger partial charge in [0.05, 0.1) is 11.9 Å². The van der Waals surface area contributed by atoms with Crippen LogP contribution in [0.3, 0.4) is 0 Å². The maximum absolute atomic E-state index is 12.9. The predicted molar refractivity (Wildman–Crippen MR) is 57.3 cm³/mol. The molecule has 0 spiro atoms. The van der Waals surface area contributed by atoms with Gasteiger partial charge in [-0.1, -0.05) is 0 Å². The van der Waals surface area contributed by atoms with Gasteiger partial charge in [-0.2, -0.15) is 5.10 Å². The van der Waals surface area contributed by atoms with Gasteiger partial charge in [0.15, 0.2) is 0 Å². The highest BCUT2D eigenvalue weighted by molar-refractivity contribution is 5.15. The summed E-state index contributed by atoms with van der Waals surface area (Å²) in [5.74, 6) is 0. The zero-order valence-corrected chi connectivity index (χ0v) is 9.33. The van der Waals surface area contributed by atoms with Gasteiger partial charge in [-0.25, -0.2) is 4.39 Å². The van der Waals surface area contributed by atoms with Crippen molar-refractivity contribution in [2.24, 2.45) is 7.05 Å². The summed E-state index contributed by atoms with van der Waals surface area (Å²) >= 11 is 0. The molecule has 1 heterocycles. The number of hydrogen-bond acceptors (Lipinski definition) is 2. The SMILES string of the molecule is Cc1cnn(C)c1CN[C@H]1CC[C@H](F)C1. The lowest BCUT2D eigenvalue weighted by atomic mass is 10.2. The van der Waals surface area contributed by atoms with E-state index in [0.29, 0.717) is 18.9 Å². The second-order valence-corrected chi connectivity index (χ2v) is 4.39. The first-order chi connectivity index (χ1) is 7.16. The van der Waals surface area contributed by atoms with Crippen molar-refractivity contribution in [1.29, 1.82) is 0 Å². The summed E-state index contributed by atoms with van der Waals surface area (Å²) in [6, 6.07) is 0.342. The number of rotatable bonds is 3. The third kappa shape index (κ3) is 2.37. The van der Waals surface area contributed by atoms with E-state index in [0.717, 1.165) is 13.0 Å². The molecule has 1 aliphatic carbocycles. The third-order valence-corrected chi connectivity index (χ3v) is 3.20. The number of aromatic nitrogens is 2. The first-order valence-electron chi connectivity index (χ1n) is 5.51. The van der Waals surface area contributed by atoms with E-state index < -0.39 is 6.17 Å². The Morgan fingerprint density at radius 3 is 2.93 bits per heavy atom. The molecular formula is C11H18FN3. The minimum absolute atomic E-state index is 0.342. The maximum Gasteiger partial charge on any atom is 0.102 e. The molecule has 0 unspecified atom stereocenters. The fourth-order valence-electron chi connectivity index (χ4n) is 2.18. The topological polar surface area (TPSA) is 29.9 Å². The minimum atomic E-state index is -0.602. The number of hydrogen-bond donors (Lipinski definition) is 1. The zero-order valence-electron chi connectivity index (χ0n) is 9.33. The van der Waals surface area contributed by atoms with Gasteiger partial charge in [0.1, 0.15) is 6.17 Å². The summed E-state index contributed by atoms with van der Waals surface area (Å²) in [5.41, 5.74) is 2.39. The van der Waals surface area contributed by atoms with Gasteiger partial charge in [-0.3, -0.25) is 4.68 Å². The Labute approximate surface area is 89.7 Å². The molecule has 0 aliphatic heterocycles. The molecular weight excluding hydrogens is 193 g/mol. The van der Waals surface area contributed by atoms with Gasteiger partial charge in [-0.15, -0.1) is 0 Å². The van der Waals surface area contributed by atoms with Gasteiger partial charge >= 0.3 is 0 Å². The zero-order chi connectivity index (χ0) is 10.8. The molecule has 4 heteroatoms. The van der Waals surface area contributed by atoms with E-state index in [4.69, 9.17) is 0 Å². The Hall–Kier alpha value is -0.900. The van der Waals surface area contributed by atoms with Gasteiger partial charge in [0.2, 0.25) is 0 Å². The van der Waals surface area contributed by atoms with E-state index in [2.05, 4.69) is 17.3 Å². The number of aryl methyl sites for hydroxylation is 2. The normalized spacial score (nSPS) is 26.1. The Morgan fingerprint density at radius 2 is 2.40 bits per heavy atom. The lowest BCUT2D eigenvalue weighted by Gasteiger charge is -2.12. The van der Waals surface area contributed by atoms with Crippen LogP contribution in [0.2, 0.25) is 0 Å². The summed E-state index contributed by atoms with van der Waals surface area (Å²) in [4.78, 5) is 0. The molecule has 0 aromatic carbocycles. The van der Waals surface area contributed by atoms with Crippen LogP contribution in [-0.4, -0.2) is 22.0 Å². The molecule has 3 nitrogen and oxygen atoms in total. The van der Waals surface area contributed by atoms with Crippen LogP contribution < -0.4 is 5.32 Å². The van der Waals surface area contributed by atoms with E-state index in [-0.39, 0.29) is 0 Å². The van der Waals surface area contributed by atoms with Gasteiger partial charge in [0, 0.05) is 19.6 Å². The summed E-state index contributed by atoms with van der Waals surface area (Å²) < 4.78 is 14.8. The largest absolute Gasteiger partial charge is 0.308 e. The predicted octanol–water partition coefficient (Wildman–Crippen LogP) is 1.71. The Kier molecular flexibility index (Phi) is 3.05. The van der Waals surface area contributed by atoms with Gasteiger partial charge in [0.25, 0.3) is 0 Å². The van der Waals surface area contributed by atoms with Crippen LogP contribution >= 0.6 is 0 Å². The number of nitrogens with zero attached hydrogens (tertiary/aromatic N) is 2. The van der Waals surface area contributed by atoms with Crippen LogP contribution in [0.25, 0.3) is 0 Å². The van der Waals surface area contributed by atoms with Crippen LogP contribution in [0.15, 0.2) is 6.20 Å². The Bertz CT molecular complexity index is 315. The quantitative estimate of drug-likeness (QED) is 0.825. The highest BCUT2D eigenvalue weighted by Crippen LogP contribution is 2.22. The molecule has 2 atom stereocenters. The summed E-state index contributed by atoms with van der Waals surface area (Å²) in [6.45, 7) is 2.84. The van der Waals surface area contributed by atoms with Crippen molar-refractivity contribution in [1.82, 2.24) is 15.1 Å². The number of halogens is 1. The first-order valence-corrected chi connectivity index (χ1v) is 5.51. The summed E-state index contributed by atoms with van der Waals surface area (Å²) in [6.07, 6.45) is 3.59. The molecule has 0 bridgehead atoms. The third-order valence-electron chi connectivity index (χ3n) is 3.20. The molecule has 2 rings (SSSR count). The van der Waals surface area contributed by atoms with Crippen molar-refractivity contribution >= 4 is 0 Å². The highest BCUT2D eigenvalue weighted by Gasteiger charge is 2.23. The van der Waals surface area contributed by atoms with Crippen LogP contribution in [0, 0.1) is 6.92 Å². The summed E-state index contributed by atoms with van der Waals surface area (Å²) in [5, 5.41) is 7.57. The van der Waals surface area contributed by atoms with Crippen molar-refractivity contribution in [2.75, 3.05) is 0 Å². The lowest BCUT2D eigenvalue weighted by molar-refractivity contribution is 0.333. The standard InChI is InChI=1S/C11H18FN3/c1-8-6-14-15(2)11(8)7-13-10-4-3-9(12)5-10/h6,9-10,13H,3-5,7H2,1-2H3/t9-,10-/m0/s1. The maximum atomic E-state index is 12.9. The van der Waals surface area contributed by atoms with E-state index in [1.807, 2.05) is 17.9 Å². The van der Waals surface area contributed by atoms with Crippen LogP contribution in [-0.2, 0) is 13.6 Å². The van der Waals surface area contributed by atoms with E-state index in [1.165, 1.54) is 11.3 Å². The van der Waals surface area contributed by atoms with Crippen molar-refractivity contribution in [3.8, 4) is 0 Å². The van der Waals surface area contributed by atoms with Crippen molar-refractivity contribution in [2.45, 2.75) is 44.9 Å². The monoisotopic (exact) mass is 211 g/mol. The molecule has 15 heavy (non-hydrogen) atoms. The number of nitrogens with one attached hydrogen (secondary N) is 1. The molecule has 1 aromatic heterocycles. The summed E-state index contributed by atoms with van der Waals surface area (Å²) in [7, 11) is 1.94. The fourth-order valence-corrected chi connectivity index (χ4v) is 2.18. The smallest absolute Gasteiger partial charge is 0.102 e. The molecule has 0 amide bonds. The molecule has 1 aliphatic rings. The second-order valence-electron chi connectivity index (χ2n) is 4.39. The van der Waals surface area contributed by atoms with E-state index in [1.54, 1.807) is 0 Å². The molecule has 84 valence electrons. The second kappa shape index (κ2) is 4.31. The van der Waals surface area contributed by atoms with Crippen molar-refractivity contribution < 1.29 is 4.39 Å².